The van der Waals surface area contributed by atoms with Crippen LogP contribution in [0.5, 0.6) is 0 Å². The number of nitrogens with zero attached hydrogens (tertiary/aromatic N) is 1. The predicted molar refractivity (Wildman–Crippen MR) is 86.0 cm³/mol. The number of morpholine rings is 1. The molecule has 0 aromatic carbocycles. The summed E-state index contributed by atoms with van der Waals surface area (Å²) >= 11 is 1.81. The maximum Gasteiger partial charge on any atom is 0.168 e. The van der Waals surface area contributed by atoms with Gasteiger partial charge in [-0.15, -0.1) is 11.3 Å². The molecule has 0 N–H and O–H groups in total. The number of hydrogen-bond acceptors (Lipinski definition) is 5. The SMILES string of the molecule is c1csc([C@H]2CN(CC3CCC4(CC3)OCCO4)CCO2)c1. The van der Waals surface area contributed by atoms with Crippen molar-refractivity contribution < 1.29 is 14.2 Å². The summed E-state index contributed by atoms with van der Waals surface area (Å²) < 4.78 is 17.6. The summed E-state index contributed by atoms with van der Waals surface area (Å²) in [5.41, 5.74) is 0. The van der Waals surface area contributed by atoms with Gasteiger partial charge in [0.2, 0.25) is 0 Å². The molecular formula is C17H25NO3S. The molecule has 4 rings (SSSR count). The molecule has 1 aromatic rings. The molecule has 0 unspecified atom stereocenters. The van der Waals surface area contributed by atoms with Gasteiger partial charge in [-0.3, -0.25) is 4.90 Å². The number of thiophene rings is 1. The standard InChI is InChI=1S/C17H25NO3S/c1-2-16(22-11-1)15-13-18(7-8-19-15)12-14-3-5-17(6-4-14)20-9-10-21-17/h1-2,11,14-15H,3-10,12-13H2/t15-/m1/s1. The summed E-state index contributed by atoms with van der Waals surface area (Å²) in [6.45, 7) is 5.70. The van der Waals surface area contributed by atoms with Gasteiger partial charge in [-0.2, -0.15) is 0 Å². The predicted octanol–water partition coefficient (Wildman–Crippen LogP) is 3.05. The third-order valence-corrected chi connectivity index (χ3v) is 6.17. The van der Waals surface area contributed by atoms with Crippen molar-refractivity contribution in [1.29, 1.82) is 0 Å². The highest BCUT2D eigenvalue weighted by atomic mass is 32.1. The Kier molecular flexibility index (Phi) is 4.51. The molecule has 3 aliphatic rings. The fourth-order valence-electron chi connectivity index (χ4n) is 3.97. The lowest BCUT2D eigenvalue weighted by Crippen LogP contribution is -2.43. The average Bonchev–Trinajstić information content (AvgIpc) is 3.23. The molecule has 1 aliphatic carbocycles. The normalized spacial score (nSPS) is 30.1. The Morgan fingerprint density at radius 1 is 1.18 bits per heavy atom. The Hall–Kier alpha value is -0.460. The van der Waals surface area contributed by atoms with Crippen molar-refractivity contribution in [3.8, 4) is 0 Å². The first-order chi connectivity index (χ1) is 10.8. The zero-order valence-electron chi connectivity index (χ0n) is 13.0. The summed E-state index contributed by atoms with van der Waals surface area (Å²) in [6.07, 6.45) is 4.85. The first-order valence-electron chi connectivity index (χ1n) is 8.48. The van der Waals surface area contributed by atoms with Crippen LogP contribution in [-0.2, 0) is 14.2 Å². The fourth-order valence-corrected chi connectivity index (χ4v) is 4.73. The largest absolute Gasteiger partial charge is 0.370 e. The van der Waals surface area contributed by atoms with Crippen LogP contribution in [0.4, 0.5) is 0 Å². The zero-order valence-corrected chi connectivity index (χ0v) is 13.9. The van der Waals surface area contributed by atoms with E-state index in [9.17, 15) is 0 Å². The van der Waals surface area contributed by atoms with Gasteiger partial charge in [-0.05, 0) is 30.2 Å². The van der Waals surface area contributed by atoms with Crippen molar-refractivity contribution in [2.24, 2.45) is 5.92 Å². The Bertz CT molecular complexity index is 462. The molecule has 1 aromatic heterocycles. The molecule has 1 atom stereocenters. The third kappa shape index (κ3) is 3.24. The van der Waals surface area contributed by atoms with Crippen LogP contribution in [0.25, 0.3) is 0 Å². The molecule has 0 radical (unpaired) electrons. The van der Waals surface area contributed by atoms with Gasteiger partial charge in [-0.1, -0.05) is 6.07 Å². The van der Waals surface area contributed by atoms with Crippen molar-refractivity contribution in [2.45, 2.75) is 37.6 Å². The van der Waals surface area contributed by atoms with E-state index in [-0.39, 0.29) is 11.9 Å². The molecule has 4 nitrogen and oxygen atoms in total. The van der Waals surface area contributed by atoms with E-state index in [1.54, 1.807) is 11.3 Å². The van der Waals surface area contributed by atoms with Crippen molar-refractivity contribution in [2.75, 3.05) is 39.5 Å². The summed E-state index contributed by atoms with van der Waals surface area (Å²) in [7, 11) is 0. The van der Waals surface area contributed by atoms with Crippen molar-refractivity contribution >= 4 is 11.3 Å². The summed E-state index contributed by atoms with van der Waals surface area (Å²) in [5.74, 6) is 0.557. The Balaban J connectivity index is 1.28. The van der Waals surface area contributed by atoms with E-state index in [4.69, 9.17) is 14.2 Å². The molecule has 122 valence electrons. The van der Waals surface area contributed by atoms with E-state index >= 15 is 0 Å². The molecular weight excluding hydrogens is 298 g/mol. The van der Waals surface area contributed by atoms with E-state index in [1.165, 1.54) is 24.3 Å². The quantitative estimate of drug-likeness (QED) is 0.855. The Morgan fingerprint density at radius 3 is 2.73 bits per heavy atom. The van der Waals surface area contributed by atoms with E-state index in [0.29, 0.717) is 0 Å². The second-order valence-electron chi connectivity index (χ2n) is 6.69. The topological polar surface area (TPSA) is 30.9 Å². The van der Waals surface area contributed by atoms with Crippen LogP contribution in [0.1, 0.15) is 36.7 Å². The minimum atomic E-state index is -0.221. The molecule has 1 spiro atoms. The van der Waals surface area contributed by atoms with Gasteiger partial charge < -0.3 is 14.2 Å². The van der Waals surface area contributed by atoms with Gasteiger partial charge in [-0.25, -0.2) is 0 Å². The van der Waals surface area contributed by atoms with Gasteiger partial charge >= 0.3 is 0 Å². The minimum absolute atomic E-state index is 0.221. The number of hydrogen-bond donors (Lipinski definition) is 0. The van der Waals surface area contributed by atoms with Gasteiger partial charge in [0.25, 0.3) is 0 Å². The highest BCUT2D eigenvalue weighted by molar-refractivity contribution is 7.10. The molecule has 0 amide bonds. The highest BCUT2D eigenvalue weighted by Crippen LogP contribution is 2.39. The van der Waals surface area contributed by atoms with Crippen molar-refractivity contribution in [3.63, 3.8) is 0 Å². The Labute approximate surface area is 136 Å². The van der Waals surface area contributed by atoms with Crippen LogP contribution >= 0.6 is 11.3 Å². The van der Waals surface area contributed by atoms with Crippen LogP contribution in [0.2, 0.25) is 0 Å². The summed E-state index contributed by atoms with van der Waals surface area (Å²) in [4.78, 5) is 3.95. The number of ether oxygens (including phenoxy) is 3. The molecule has 5 heteroatoms. The van der Waals surface area contributed by atoms with E-state index in [1.807, 2.05) is 0 Å². The third-order valence-electron chi connectivity index (χ3n) is 5.21. The van der Waals surface area contributed by atoms with E-state index in [2.05, 4.69) is 22.4 Å². The number of rotatable bonds is 3. The summed E-state index contributed by atoms with van der Waals surface area (Å²) in [6, 6.07) is 4.31. The molecule has 1 saturated carbocycles. The van der Waals surface area contributed by atoms with Crippen LogP contribution in [0, 0.1) is 5.92 Å². The molecule has 3 heterocycles. The molecule has 22 heavy (non-hydrogen) atoms. The highest BCUT2D eigenvalue weighted by Gasteiger charge is 2.40. The van der Waals surface area contributed by atoms with E-state index < -0.39 is 0 Å². The first-order valence-corrected chi connectivity index (χ1v) is 9.36. The Morgan fingerprint density at radius 2 is 2.00 bits per heavy atom. The second kappa shape index (κ2) is 6.57. The first kappa shape index (κ1) is 15.1. The lowest BCUT2D eigenvalue weighted by atomic mass is 9.84. The average molecular weight is 323 g/mol. The summed E-state index contributed by atoms with van der Waals surface area (Å²) in [5, 5.41) is 2.14. The minimum Gasteiger partial charge on any atom is -0.370 e. The van der Waals surface area contributed by atoms with E-state index in [0.717, 1.165) is 51.7 Å². The fraction of sp³-hybridized carbons (Fsp3) is 0.765. The smallest absolute Gasteiger partial charge is 0.168 e. The molecule has 3 fully saturated rings. The van der Waals surface area contributed by atoms with Gasteiger partial charge in [0, 0.05) is 37.4 Å². The molecule has 0 bridgehead atoms. The monoisotopic (exact) mass is 323 g/mol. The maximum absolute atomic E-state index is 5.95. The van der Waals surface area contributed by atoms with Crippen molar-refractivity contribution in [3.05, 3.63) is 22.4 Å². The maximum atomic E-state index is 5.95. The lowest BCUT2D eigenvalue weighted by molar-refractivity contribution is -0.183. The zero-order chi connectivity index (χ0) is 14.8. The van der Waals surface area contributed by atoms with Crippen LogP contribution in [0.15, 0.2) is 17.5 Å². The lowest BCUT2D eigenvalue weighted by Gasteiger charge is -2.39. The van der Waals surface area contributed by atoms with Crippen LogP contribution < -0.4 is 0 Å². The van der Waals surface area contributed by atoms with Gasteiger partial charge in [0.15, 0.2) is 5.79 Å². The van der Waals surface area contributed by atoms with Crippen molar-refractivity contribution in [1.82, 2.24) is 4.90 Å². The molecule has 2 saturated heterocycles. The van der Waals surface area contributed by atoms with Crippen LogP contribution in [0.3, 0.4) is 0 Å². The second-order valence-corrected chi connectivity index (χ2v) is 7.66. The van der Waals surface area contributed by atoms with Gasteiger partial charge in [0.05, 0.1) is 19.8 Å². The van der Waals surface area contributed by atoms with Gasteiger partial charge in [0.1, 0.15) is 6.10 Å². The molecule has 2 aliphatic heterocycles. The van der Waals surface area contributed by atoms with Crippen LogP contribution in [-0.4, -0.2) is 50.1 Å².